The normalized spacial score (nSPS) is 12.2. The number of oxazole rings is 1. The van der Waals surface area contributed by atoms with Crippen molar-refractivity contribution in [2.45, 2.75) is 53.1 Å². The molecule has 0 saturated heterocycles. The van der Waals surface area contributed by atoms with Gasteiger partial charge >= 0.3 is 0 Å². The van der Waals surface area contributed by atoms with E-state index in [0.29, 0.717) is 31.5 Å². The molecule has 0 fully saturated rings. The Kier molecular flexibility index (Phi) is 9.84. The van der Waals surface area contributed by atoms with Gasteiger partial charge in [-0.15, -0.1) is 0 Å². The maximum atomic E-state index is 5.94. The highest BCUT2D eigenvalue weighted by Gasteiger charge is 2.19. The van der Waals surface area contributed by atoms with Gasteiger partial charge in [0, 0.05) is 25.6 Å². The molecule has 2 rings (SSSR count). The zero-order chi connectivity index (χ0) is 23.6. The molecule has 8 heteroatoms. The van der Waals surface area contributed by atoms with Gasteiger partial charge in [0.2, 0.25) is 5.89 Å². The lowest BCUT2D eigenvalue weighted by Gasteiger charge is -2.19. The summed E-state index contributed by atoms with van der Waals surface area (Å²) in [4.78, 5) is 10.9. The fraction of sp³-hybridized carbons (Fsp3) is 0.583. The molecule has 0 unspecified atom stereocenters. The summed E-state index contributed by atoms with van der Waals surface area (Å²) in [7, 11) is 3.39. The highest BCUT2D eigenvalue weighted by Crippen LogP contribution is 2.28. The SMILES string of the molecule is CCN(CC)CCOc1ccc(CNC(=NC)NCc2ncc(C(C)(C)C)o2)cc1OC. The van der Waals surface area contributed by atoms with Crippen LogP contribution in [-0.4, -0.2) is 56.2 Å². The maximum Gasteiger partial charge on any atom is 0.213 e. The van der Waals surface area contributed by atoms with E-state index in [0.717, 1.165) is 42.5 Å². The Balaban J connectivity index is 1.87. The predicted molar refractivity (Wildman–Crippen MR) is 129 cm³/mol. The molecule has 0 saturated carbocycles. The van der Waals surface area contributed by atoms with Crippen LogP contribution >= 0.6 is 0 Å². The summed E-state index contributed by atoms with van der Waals surface area (Å²) < 4.78 is 17.3. The van der Waals surface area contributed by atoms with E-state index in [1.165, 1.54) is 0 Å². The monoisotopic (exact) mass is 445 g/mol. The predicted octanol–water partition coefficient (Wildman–Crippen LogP) is 3.57. The second-order valence-electron chi connectivity index (χ2n) is 8.51. The number of methoxy groups -OCH3 is 1. The number of ether oxygens (including phenoxy) is 2. The van der Waals surface area contributed by atoms with Crippen LogP contribution < -0.4 is 20.1 Å². The molecule has 0 aliphatic rings. The molecule has 0 bridgehead atoms. The molecule has 1 heterocycles. The summed E-state index contributed by atoms with van der Waals surface area (Å²) in [5.74, 6) is 3.64. The first-order chi connectivity index (χ1) is 15.3. The summed E-state index contributed by atoms with van der Waals surface area (Å²) in [5.41, 5.74) is 0.998. The number of nitrogens with zero attached hydrogens (tertiary/aromatic N) is 3. The number of nitrogens with one attached hydrogen (secondary N) is 2. The van der Waals surface area contributed by atoms with Crippen LogP contribution in [-0.2, 0) is 18.5 Å². The molecule has 1 aromatic carbocycles. The Bertz CT molecular complexity index is 854. The third kappa shape index (κ3) is 7.75. The summed E-state index contributed by atoms with van der Waals surface area (Å²) in [6.07, 6.45) is 1.78. The van der Waals surface area contributed by atoms with Crippen LogP contribution in [0.2, 0.25) is 0 Å². The number of rotatable bonds is 11. The molecular weight excluding hydrogens is 406 g/mol. The molecule has 0 aliphatic carbocycles. The molecule has 0 radical (unpaired) electrons. The van der Waals surface area contributed by atoms with Crippen LogP contribution in [0.5, 0.6) is 11.5 Å². The summed E-state index contributed by atoms with van der Waals surface area (Å²) in [6.45, 7) is 15.2. The minimum atomic E-state index is -0.0640. The first-order valence-electron chi connectivity index (χ1n) is 11.2. The van der Waals surface area contributed by atoms with Gasteiger partial charge in [-0.1, -0.05) is 40.7 Å². The van der Waals surface area contributed by atoms with Gasteiger partial charge in [-0.25, -0.2) is 4.98 Å². The van der Waals surface area contributed by atoms with E-state index in [4.69, 9.17) is 13.9 Å². The molecule has 178 valence electrons. The topological polar surface area (TPSA) is 84.2 Å². The molecule has 2 aromatic rings. The van der Waals surface area contributed by atoms with Crippen molar-refractivity contribution in [3.05, 3.63) is 41.6 Å². The van der Waals surface area contributed by atoms with Gasteiger partial charge < -0.3 is 29.4 Å². The highest BCUT2D eigenvalue weighted by molar-refractivity contribution is 5.79. The van der Waals surface area contributed by atoms with Crippen molar-refractivity contribution in [1.82, 2.24) is 20.5 Å². The van der Waals surface area contributed by atoms with Crippen molar-refractivity contribution < 1.29 is 13.9 Å². The van der Waals surface area contributed by atoms with E-state index >= 15 is 0 Å². The van der Waals surface area contributed by atoms with Crippen molar-refractivity contribution in [1.29, 1.82) is 0 Å². The number of guanidine groups is 1. The third-order valence-electron chi connectivity index (χ3n) is 5.17. The van der Waals surface area contributed by atoms with Gasteiger partial charge in [-0.05, 0) is 30.8 Å². The van der Waals surface area contributed by atoms with Gasteiger partial charge in [0.1, 0.15) is 12.4 Å². The number of hydrogen-bond acceptors (Lipinski definition) is 6. The first-order valence-corrected chi connectivity index (χ1v) is 11.2. The van der Waals surface area contributed by atoms with Crippen LogP contribution in [0.4, 0.5) is 0 Å². The zero-order valence-corrected chi connectivity index (χ0v) is 20.6. The zero-order valence-electron chi connectivity index (χ0n) is 20.6. The van der Waals surface area contributed by atoms with Crippen molar-refractivity contribution in [3.8, 4) is 11.5 Å². The Morgan fingerprint density at radius 2 is 1.84 bits per heavy atom. The summed E-state index contributed by atoms with van der Waals surface area (Å²) in [5, 5.41) is 6.54. The van der Waals surface area contributed by atoms with Crippen molar-refractivity contribution in [3.63, 3.8) is 0 Å². The molecule has 0 aliphatic heterocycles. The minimum Gasteiger partial charge on any atom is -0.493 e. The molecule has 32 heavy (non-hydrogen) atoms. The summed E-state index contributed by atoms with van der Waals surface area (Å²) in [6, 6.07) is 5.96. The van der Waals surface area contributed by atoms with Gasteiger partial charge in [0.15, 0.2) is 17.5 Å². The number of hydrogen-bond donors (Lipinski definition) is 2. The van der Waals surface area contributed by atoms with E-state index < -0.39 is 0 Å². The van der Waals surface area contributed by atoms with E-state index in [1.54, 1.807) is 20.4 Å². The molecule has 2 N–H and O–H groups in total. The average Bonchev–Trinajstić information content (AvgIpc) is 3.27. The van der Waals surface area contributed by atoms with Crippen molar-refractivity contribution >= 4 is 5.96 Å². The van der Waals surface area contributed by atoms with E-state index in [2.05, 4.69) is 60.1 Å². The van der Waals surface area contributed by atoms with Crippen LogP contribution in [0.1, 0.15) is 51.8 Å². The Morgan fingerprint density at radius 3 is 2.44 bits per heavy atom. The lowest BCUT2D eigenvalue weighted by molar-refractivity contribution is 0.217. The van der Waals surface area contributed by atoms with Gasteiger partial charge in [-0.3, -0.25) is 4.99 Å². The first kappa shape index (κ1) is 25.5. The van der Waals surface area contributed by atoms with E-state index in [-0.39, 0.29) is 5.41 Å². The second kappa shape index (κ2) is 12.3. The fourth-order valence-corrected chi connectivity index (χ4v) is 3.07. The largest absolute Gasteiger partial charge is 0.493 e. The van der Waals surface area contributed by atoms with Crippen LogP contribution in [0.3, 0.4) is 0 Å². The van der Waals surface area contributed by atoms with Gasteiger partial charge in [0.25, 0.3) is 0 Å². The Hall–Kier alpha value is -2.74. The minimum absolute atomic E-state index is 0.0640. The molecular formula is C24H39N5O3. The number of likely N-dealkylation sites (N-methyl/N-ethyl adjacent to an activating group) is 1. The molecule has 0 spiro atoms. The van der Waals surface area contributed by atoms with Gasteiger partial charge in [0.05, 0.1) is 19.9 Å². The van der Waals surface area contributed by atoms with Gasteiger partial charge in [-0.2, -0.15) is 0 Å². The molecule has 0 atom stereocenters. The lowest BCUT2D eigenvalue weighted by Crippen LogP contribution is -2.36. The van der Waals surface area contributed by atoms with E-state index in [1.807, 2.05) is 18.2 Å². The number of aromatic nitrogens is 1. The smallest absolute Gasteiger partial charge is 0.213 e. The molecule has 8 nitrogen and oxygen atoms in total. The lowest BCUT2D eigenvalue weighted by atomic mass is 9.94. The quantitative estimate of drug-likeness (QED) is 0.404. The third-order valence-corrected chi connectivity index (χ3v) is 5.17. The molecule has 0 amide bonds. The Labute approximate surface area is 192 Å². The van der Waals surface area contributed by atoms with Crippen LogP contribution in [0.25, 0.3) is 0 Å². The van der Waals surface area contributed by atoms with Crippen LogP contribution in [0, 0.1) is 0 Å². The average molecular weight is 446 g/mol. The molecule has 1 aromatic heterocycles. The van der Waals surface area contributed by atoms with Crippen molar-refractivity contribution in [2.75, 3.05) is 40.4 Å². The van der Waals surface area contributed by atoms with Crippen molar-refractivity contribution in [2.24, 2.45) is 4.99 Å². The number of benzene rings is 1. The highest BCUT2D eigenvalue weighted by atomic mass is 16.5. The van der Waals surface area contributed by atoms with Crippen LogP contribution in [0.15, 0.2) is 33.8 Å². The summed E-state index contributed by atoms with van der Waals surface area (Å²) >= 11 is 0. The van der Waals surface area contributed by atoms with E-state index in [9.17, 15) is 0 Å². The number of aliphatic imine (C=N–C) groups is 1. The fourth-order valence-electron chi connectivity index (χ4n) is 3.07. The standard InChI is InChI=1S/C24H39N5O3/c1-8-29(9-2)12-13-31-19-11-10-18(14-20(19)30-7)15-27-23(25-6)28-17-22-26-16-21(32-22)24(3,4)5/h10-11,14,16H,8-9,12-13,15,17H2,1-7H3,(H2,25,27,28). The second-order valence-corrected chi connectivity index (χ2v) is 8.51. The maximum absolute atomic E-state index is 5.94. The Morgan fingerprint density at radius 1 is 1.12 bits per heavy atom.